The zero-order valence-corrected chi connectivity index (χ0v) is 19.4. The van der Waals surface area contributed by atoms with Crippen molar-refractivity contribution in [3.63, 3.8) is 0 Å². The van der Waals surface area contributed by atoms with Gasteiger partial charge in [-0.1, -0.05) is 68.8 Å². The molecule has 0 bridgehead atoms. The van der Waals surface area contributed by atoms with Crippen LogP contribution in [0, 0.1) is 0 Å². The van der Waals surface area contributed by atoms with Crippen molar-refractivity contribution in [3.05, 3.63) is 70.2 Å². The molecule has 0 aliphatic carbocycles. The Balaban J connectivity index is 2.12. The van der Waals surface area contributed by atoms with Crippen LogP contribution in [-0.4, -0.2) is 29.3 Å². The maximum absolute atomic E-state index is 13.1. The second-order valence-electron chi connectivity index (χ2n) is 8.67. The SMILES string of the molecule is CCNC(=O)[C@@H](C)N(Cc1cccc(Cl)c1)C(=O)CCc1ccc(C(C)(C)C)cc1. The van der Waals surface area contributed by atoms with Crippen molar-refractivity contribution in [2.24, 2.45) is 0 Å². The summed E-state index contributed by atoms with van der Waals surface area (Å²) in [5.74, 6) is -0.198. The van der Waals surface area contributed by atoms with Crippen LogP contribution in [0.1, 0.15) is 57.7 Å². The maximum atomic E-state index is 13.1. The number of carbonyl (C=O) groups is 2. The number of hydrogen-bond donors (Lipinski definition) is 1. The summed E-state index contributed by atoms with van der Waals surface area (Å²) < 4.78 is 0. The maximum Gasteiger partial charge on any atom is 0.242 e. The Labute approximate surface area is 185 Å². The first-order valence-corrected chi connectivity index (χ1v) is 10.9. The molecule has 30 heavy (non-hydrogen) atoms. The van der Waals surface area contributed by atoms with Crippen LogP contribution in [-0.2, 0) is 28.0 Å². The van der Waals surface area contributed by atoms with Crippen LogP contribution in [0.2, 0.25) is 5.02 Å². The Hall–Kier alpha value is -2.33. The van der Waals surface area contributed by atoms with E-state index in [0.29, 0.717) is 31.0 Å². The largest absolute Gasteiger partial charge is 0.355 e. The number of hydrogen-bond acceptors (Lipinski definition) is 2. The first-order valence-electron chi connectivity index (χ1n) is 10.5. The standard InChI is InChI=1S/C25H33ClN2O2/c1-6-27-24(30)18(2)28(17-20-8-7-9-22(26)16-20)23(29)15-12-19-10-13-21(14-11-19)25(3,4)5/h7-11,13-14,16,18H,6,12,15,17H2,1-5H3,(H,27,30)/t18-/m1/s1. The number of carbonyl (C=O) groups excluding carboxylic acids is 2. The lowest BCUT2D eigenvalue weighted by Crippen LogP contribution is -2.47. The Bertz CT molecular complexity index is 856. The summed E-state index contributed by atoms with van der Waals surface area (Å²) in [6.07, 6.45) is 0.983. The number of nitrogens with one attached hydrogen (secondary N) is 1. The molecule has 0 unspecified atom stereocenters. The van der Waals surface area contributed by atoms with E-state index in [0.717, 1.165) is 11.1 Å². The minimum atomic E-state index is -0.556. The van der Waals surface area contributed by atoms with Gasteiger partial charge in [0, 0.05) is 24.5 Å². The monoisotopic (exact) mass is 428 g/mol. The molecular weight excluding hydrogens is 396 g/mol. The van der Waals surface area contributed by atoms with Gasteiger partial charge in [-0.25, -0.2) is 0 Å². The minimum absolute atomic E-state index is 0.0476. The molecule has 1 atom stereocenters. The van der Waals surface area contributed by atoms with E-state index in [1.807, 2.05) is 25.1 Å². The highest BCUT2D eigenvalue weighted by Gasteiger charge is 2.25. The number of amides is 2. The lowest BCUT2D eigenvalue weighted by atomic mass is 9.86. The second kappa shape index (κ2) is 10.6. The van der Waals surface area contributed by atoms with E-state index in [9.17, 15) is 9.59 Å². The van der Waals surface area contributed by atoms with Gasteiger partial charge >= 0.3 is 0 Å². The Morgan fingerprint density at radius 3 is 2.30 bits per heavy atom. The van der Waals surface area contributed by atoms with Crippen molar-refractivity contribution in [2.45, 2.75) is 65.5 Å². The molecule has 2 rings (SSSR count). The molecule has 0 saturated carbocycles. The molecular formula is C25H33ClN2O2. The average Bonchev–Trinajstić information content (AvgIpc) is 2.69. The van der Waals surface area contributed by atoms with Gasteiger partial charge in [-0.15, -0.1) is 0 Å². The van der Waals surface area contributed by atoms with Gasteiger partial charge in [0.05, 0.1) is 0 Å². The van der Waals surface area contributed by atoms with E-state index < -0.39 is 6.04 Å². The lowest BCUT2D eigenvalue weighted by Gasteiger charge is -2.29. The number of nitrogens with zero attached hydrogens (tertiary/aromatic N) is 1. The van der Waals surface area contributed by atoms with Crippen molar-refractivity contribution in [2.75, 3.05) is 6.54 Å². The van der Waals surface area contributed by atoms with E-state index in [4.69, 9.17) is 11.6 Å². The quantitative estimate of drug-likeness (QED) is 0.634. The van der Waals surface area contributed by atoms with Gasteiger partial charge in [-0.2, -0.15) is 0 Å². The third kappa shape index (κ3) is 6.88. The normalized spacial score (nSPS) is 12.3. The van der Waals surface area contributed by atoms with E-state index >= 15 is 0 Å². The molecule has 0 saturated heterocycles. The number of likely N-dealkylation sites (N-methyl/N-ethyl adjacent to an activating group) is 1. The molecule has 0 aliphatic heterocycles. The molecule has 5 heteroatoms. The van der Waals surface area contributed by atoms with E-state index in [-0.39, 0.29) is 17.2 Å². The number of halogens is 1. The lowest BCUT2D eigenvalue weighted by molar-refractivity contribution is -0.140. The molecule has 162 valence electrons. The smallest absolute Gasteiger partial charge is 0.242 e. The molecule has 2 aromatic rings. The number of aryl methyl sites for hydroxylation is 1. The summed E-state index contributed by atoms with van der Waals surface area (Å²) in [5, 5.41) is 3.43. The molecule has 0 aromatic heterocycles. The van der Waals surface area contributed by atoms with Crippen molar-refractivity contribution in [3.8, 4) is 0 Å². The molecule has 2 aromatic carbocycles. The molecule has 2 amide bonds. The first-order chi connectivity index (χ1) is 14.1. The predicted molar refractivity (Wildman–Crippen MR) is 124 cm³/mol. The van der Waals surface area contributed by atoms with E-state index in [1.165, 1.54) is 5.56 Å². The van der Waals surface area contributed by atoms with Gasteiger partial charge in [0.25, 0.3) is 0 Å². The van der Waals surface area contributed by atoms with Gasteiger partial charge in [-0.05, 0) is 54.5 Å². The molecule has 4 nitrogen and oxygen atoms in total. The molecule has 0 heterocycles. The third-order valence-corrected chi connectivity index (χ3v) is 5.44. The highest BCUT2D eigenvalue weighted by molar-refractivity contribution is 6.30. The number of benzene rings is 2. The zero-order valence-electron chi connectivity index (χ0n) is 18.7. The summed E-state index contributed by atoms with van der Waals surface area (Å²) in [6, 6.07) is 15.3. The highest BCUT2D eigenvalue weighted by Crippen LogP contribution is 2.23. The van der Waals surface area contributed by atoms with Crippen LogP contribution >= 0.6 is 11.6 Å². The van der Waals surface area contributed by atoms with E-state index in [2.05, 4.69) is 50.4 Å². The summed E-state index contributed by atoms with van der Waals surface area (Å²) in [5.41, 5.74) is 3.39. The first kappa shape index (κ1) is 23.9. The summed E-state index contributed by atoms with van der Waals surface area (Å²) in [6.45, 7) is 11.1. The fourth-order valence-electron chi connectivity index (χ4n) is 3.30. The van der Waals surface area contributed by atoms with Crippen molar-refractivity contribution >= 4 is 23.4 Å². The Morgan fingerprint density at radius 2 is 1.73 bits per heavy atom. The van der Waals surface area contributed by atoms with Crippen LogP contribution < -0.4 is 5.32 Å². The minimum Gasteiger partial charge on any atom is -0.355 e. The second-order valence-corrected chi connectivity index (χ2v) is 9.11. The fraction of sp³-hybridized carbons (Fsp3) is 0.440. The van der Waals surface area contributed by atoms with Gasteiger partial charge in [0.1, 0.15) is 6.04 Å². The molecule has 0 radical (unpaired) electrons. The summed E-state index contributed by atoms with van der Waals surface area (Å²) in [4.78, 5) is 27.2. The van der Waals surface area contributed by atoms with Crippen LogP contribution in [0.25, 0.3) is 0 Å². The van der Waals surface area contributed by atoms with E-state index in [1.54, 1.807) is 17.9 Å². The molecule has 1 N–H and O–H groups in total. The van der Waals surface area contributed by atoms with Crippen LogP contribution in [0.3, 0.4) is 0 Å². The molecule has 0 fully saturated rings. The molecule has 0 spiro atoms. The number of rotatable bonds is 8. The molecule has 0 aliphatic rings. The summed E-state index contributed by atoms with van der Waals surface area (Å²) in [7, 11) is 0. The van der Waals surface area contributed by atoms with Crippen molar-refractivity contribution in [1.29, 1.82) is 0 Å². The van der Waals surface area contributed by atoms with Crippen LogP contribution in [0.5, 0.6) is 0 Å². The van der Waals surface area contributed by atoms with Crippen molar-refractivity contribution < 1.29 is 9.59 Å². The fourth-order valence-corrected chi connectivity index (χ4v) is 3.52. The van der Waals surface area contributed by atoms with Gasteiger partial charge in [0.2, 0.25) is 11.8 Å². The predicted octanol–water partition coefficient (Wildman–Crippen LogP) is 5.12. The van der Waals surface area contributed by atoms with Gasteiger partial charge in [-0.3, -0.25) is 9.59 Å². The average molecular weight is 429 g/mol. The van der Waals surface area contributed by atoms with Crippen LogP contribution in [0.15, 0.2) is 48.5 Å². The third-order valence-electron chi connectivity index (χ3n) is 5.21. The van der Waals surface area contributed by atoms with Crippen molar-refractivity contribution in [1.82, 2.24) is 10.2 Å². The Morgan fingerprint density at radius 1 is 1.07 bits per heavy atom. The highest BCUT2D eigenvalue weighted by atomic mass is 35.5. The topological polar surface area (TPSA) is 49.4 Å². The van der Waals surface area contributed by atoms with Gasteiger partial charge in [0.15, 0.2) is 0 Å². The summed E-state index contributed by atoms with van der Waals surface area (Å²) >= 11 is 6.10. The van der Waals surface area contributed by atoms with Crippen LogP contribution in [0.4, 0.5) is 0 Å². The zero-order chi connectivity index (χ0) is 22.3. The Kier molecular flexibility index (Phi) is 8.48. The van der Waals surface area contributed by atoms with Gasteiger partial charge < -0.3 is 10.2 Å².